The van der Waals surface area contributed by atoms with Gasteiger partial charge in [0, 0.05) is 20.4 Å². The molecule has 0 heterocycles. The van der Waals surface area contributed by atoms with Gasteiger partial charge in [-0.3, -0.25) is 9.98 Å². The Morgan fingerprint density at radius 2 is 0.717 bits per heavy atom. The first-order chi connectivity index (χ1) is 22.1. The first-order valence-electron chi connectivity index (χ1n) is 19.5. The summed E-state index contributed by atoms with van der Waals surface area (Å²) in [6.07, 6.45) is 28.2. The Labute approximate surface area is 299 Å². The van der Waals surface area contributed by atoms with E-state index in [1.54, 1.807) is 0 Å². The number of hydrogen-bond donors (Lipinski definition) is 0. The standard InChI is InChI=1S/C43H70N2.Pd/c1-7-13-19-20-21-23-29-43(45-41-33-31-37(25-16-10-4)39(35-41)27-18-12-6)42(28-22-14-8-2)44-40-32-30-36(24-15-9-3)38(34-40)26-17-11-5;/h30-35H,7-29H2,1-6H3;. The average Bonchev–Trinajstić information content (AvgIpc) is 3.06. The van der Waals surface area contributed by atoms with Crippen molar-refractivity contribution in [3.63, 3.8) is 0 Å². The van der Waals surface area contributed by atoms with Crippen molar-refractivity contribution < 1.29 is 20.4 Å². The molecule has 0 amide bonds. The van der Waals surface area contributed by atoms with Gasteiger partial charge < -0.3 is 0 Å². The van der Waals surface area contributed by atoms with Crippen molar-refractivity contribution in [3.8, 4) is 0 Å². The third kappa shape index (κ3) is 17.0. The van der Waals surface area contributed by atoms with Crippen LogP contribution in [0.4, 0.5) is 11.4 Å². The van der Waals surface area contributed by atoms with Gasteiger partial charge in [-0.25, -0.2) is 0 Å². The van der Waals surface area contributed by atoms with Crippen LogP contribution in [0.3, 0.4) is 0 Å². The largest absolute Gasteiger partial charge is 0.252 e. The minimum Gasteiger partial charge on any atom is -0.252 e. The maximum absolute atomic E-state index is 5.47. The average molecular weight is 721 g/mol. The Morgan fingerprint density at radius 3 is 1.13 bits per heavy atom. The summed E-state index contributed by atoms with van der Waals surface area (Å²) in [6, 6.07) is 14.2. The quantitative estimate of drug-likeness (QED) is 0.0525. The second-order valence-corrected chi connectivity index (χ2v) is 13.4. The molecule has 0 aromatic heterocycles. The summed E-state index contributed by atoms with van der Waals surface area (Å²) in [6.45, 7) is 13.8. The van der Waals surface area contributed by atoms with Crippen molar-refractivity contribution in [1.82, 2.24) is 0 Å². The molecule has 0 bridgehead atoms. The van der Waals surface area contributed by atoms with E-state index in [2.05, 4.69) is 77.9 Å². The molecule has 0 saturated carbocycles. The van der Waals surface area contributed by atoms with Gasteiger partial charge in [-0.15, -0.1) is 0 Å². The molecule has 2 aromatic rings. The number of aliphatic imine (C=N–C) groups is 2. The molecular formula is C43H70N2Pd. The second kappa shape index (κ2) is 27.4. The van der Waals surface area contributed by atoms with E-state index in [-0.39, 0.29) is 20.4 Å². The number of hydrogen-bond acceptors (Lipinski definition) is 2. The third-order valence-corrected chi connectivity index (χ3v) is 9.22. The summed E-state index contributed by atoms with van der Waals surface area (Å²) in [7, 11) is 0. The van der Waals surface area contributed by atoms with E-state index < -0.39 is 0 Å². The summed E-state index contributed by atoms with van der Waals surface area (Å²) < 4.78 is 0. The zero-order valence-corrected chi connectivity index (χ0v) is 32.5. The fourth-order valence-corrected chi connectivity index (χ4v) is 6.24. The third-order valence-electron chi connectivity index (χ3n) is 9.22. The van der Waals surface area contributed by atoms with Crippen LogP contribution in [-0.4, -0.2) is 11.4 Å². The van der Waals surface area contributed by atoms with Gasteiger partial charge in [-0.1, -0.05) is 124 Å². The van der Waals surface area contributed by atoms with Crippen molar-refractivity contribution in [2.75, 3.05) is 0 Å². The van der Waals surface area contributed by atoms with E-state index in [9.17, 15) is 0 Å². The van der Waals surface area contributed by atoms with Crippen LogP contribution >= 0.6 is 0 Å². The minimum atomic E-state index is 0. The molecule has 0 saturated heterocycles. The molecule has 2 aromatic carbocycles. The number of nitrogens with zero attached hydrogens (tertiary/aromatic N) is 2. The molecule has 0 aliphatic heterocycles. The van der Waals surface area contributed by atoms with Crippen LogP contribution < -0.4 is 0 Å². The van der Waals surface area contributed by atoms with Crippen LogP contribution in [0.5, 0.6) is 0 Å². The molecule has 2 rings (SSSR count). The van der Waals surface area contributed by atoms with Crippen molar-refractivity contribution in [2.24, 2.45) is 9.98 Å². The van der Waals surface area contributed by atoms with Gasteiger partial charge in [-0.2, -0.15) is 0 Å². The summed E-state index contributed by atoms with van der Waals surface area (Å²) >= 11 is 0. The van der Waals surface area contributed by atoms with E-state index in [4.69, 9.17) is 9.98 Å². The smallest absolute Gasteiger partial charge is 0.0636 e. The molecule has 0 aliphatic carbocycles. The summed E-state index contributed by atoms with van der Waals surface area (Å²) in [5, 5.41) is 0. The Kier molecular flexibility index (Phi) is 25.3. The summed E-state index contributed by atoms with van der Waals surface area (Å²) in [5.74, 6) is 0. The van der Waals surface area contributed by atoms with Crippen LogP contribution in [0.25, 0.3) is 0 Å². The van der Waals surface area contributed by atoms with E-state index in [0.717, 1.165) is 37.1 Å². The maximum Gasteiger partial charge on any atom is 0.0636 e. The van der Waals surface area contributed by atoms with E-state index in [0.29, 0.717) is 0 Å². The molecule has 0 fully saturated rings. The van der Waals surface area contributed by atoms with Crippen molar-refractivity contribution in [1.29, 1.82) is 0 Å². The van der Waals surface area contributed by atoms with Gasteiger partial charge in [0.15, 0.2) is 0 Å². The molecule has 0 N–H and O–H groups in total. The predicted molar refractivity (Wildman–Crippen MR) is 204 cm³/mol. The maximum atomic E-state index is 5.47. The first-order valence-corrected chi connectivity index (χ1v) is 19.5. The van der Waals surface area contributed by atoms with Gasteiger partial charge >= 0.3 is 0 Å². The Bertz CT molecular complexity index is 1120. The summed E-state index contributed by atoms with van der Waals surface area (Å²) in [4.78, 5) is 10.9. The van der Waals surface area contributed by atoms with Crippen LogP contribution in [0.1, 0.15) is 186 Å². The van der Waals surface area contributed by atoms with Crippen molar-refractivity contribution >= 4 is 22.8 Å². The zero-order valence-electron chi connectivity index (χ0n) is 30.9. The van der Waals surface area contributed by atoms with E-state index >= 15 is 0 Å². The normalized spacial score (nSPS) is 12.0. The van der Waals surface area contributed by atoms with Crippen LogP contribution in [0.15, 0.2) is 46.4 Å². The Balaban J connectivity index is 0.0000106. The number of unbranched alkanes of at least 4 members (excludes halogenated alkanes) is 11. The van der Waals surface area contributed by atoms with E-state index in [1.807, 2.05) is 0 Å². The number of benzene rings is 2. The molecule has 0 unspecified atom stereocenters. The van der Waals surface area contributed by atoms with Gasteiger partial charge in [0.05, 0.1) is 22.8 Å². The molecule has 262 valence electrons. The second-order valence-electron chi connectivity index (χ2n) is 13.4. The molecule has 0 radical (unpaired) electrons. The van der Waals surface area contributed by atoms with Gasteiger partial charge in [-0.05, 0) is 124 Å². The van der Waals surface area contributed by atoms with E-state index in [1.165, 1.54) is 156 Å². The predicted octanol–water partition coefficient (Wildman–Crippen LogP) is 14.2. The topological polar surface area (TPSA) is 24.7 Å². The number of rotatable bonds is 26. The van der Waals surface area contributed by atoms with Gasteiger partial charge in [0.1, 0.15) is 0 Å². The molecule has 0 atom stereocenters. The monoisotopic (exact) mass is 720 g/mol. The Morgan fingerprint density at radius 1 is 0.391 bits per heavy atom. The Hall–Kier alpha value is -1.56. The van der Waals surface area contributed by atoms with Crippen molar-refractivity contribution in [2.45, 2.75) is 189 Å². The summed E-state index contributed by atoms with van der Waals surface area (Å²) in [5.41, 5.74) is 10.8. The van der Waals surface area contributed by atoms with Gasteiger partial charge in [0.2, 0.25) is 0 Å². The molecule has 46 heavy (non-hydrogen) atoms. The fraction of sp³-hybridized carbons (Fsp3) is 0.674. The van der Waals surface area contributed by atoms with Gasteiger partial charge in [0.25, 0.3) is 0 Å². The van der Waals surface area contributed by atoms with Crippen LogP contribution in [0.2, 0.25) is 0 Å². The molecular weight excluding hydrogens is 651 g/mol. The molecule has 0 spiro atoms. The first kappa shape index (κ1) is 42.5. The minimum absolute atomic E-state index is 0. The number of aryl methyl sites for hydroxylation is 4. The SMILES string of the molecule is CCCCCCCCC(=Nc1ccc(CCCC)c(CCCC)c1)C(CCCCC)=Nc1ccc(CCCC)c(CCCC)c1.[Pd]. The fourth-order valence-electron chi connectivity index (χ4n) is 6.24. The molecule has 3 heteroatoms. The van der Waals surface area contributed by atoms with Crippen molar-refractivity contribution in [3.05, 3.63) is 58.7 Å². The molecule has 0 aliphatic rings. The van der Waals surface area contributed by atoms with Crippen LogP contribution in [0, 0.1) is 0 Å². The zero-order chi connectivity index (χ0) is 32.5. The van der Waals surface area contributed by atoms with Crippen LogP contribution in [-0.2, 0) is 46.1 Å². The molecule has 2 nitrogen and oxygen atoms in total.